The molecule has 0 bridgehead atoms. The highest BCUT2D eigenvalue weighted by Gasteiger charge is 2.12. The molecular formula is C9H18O. The fourth-order valence-electron chi connectivity index (χ4n) is 1.15. The molecule has 1 unspecified atom stereocenters. The SMILES string of the molecule is C/C=C(\C)C(OC)C(C)C. The number of rotatable bonds is 3. The van der Waals surface area contributed by atoms with Crippen molar-refractivity contribution in [3.8, 4) is 0 Å². The van der Waals surface area contributed by atoms with Crippen molar-refractivity contribution in [2.45, 2.75) is 33.8 Å². The van der Waals surface area contributed by atoms with E-state index in [4.69, 9.17) is 4.74 Å². The van der Waals surface area contributed by atoms with Crippen molar-refractivity contribution in [2.75, 3.05) is 7.11 Å². The van der Waals surface area contributed by atoms with Gasteiger partial charge in [0.15, 0.2) is 0 Å². The highest BCUT2D eigenvalue weighted by Crippen LogP contribution is 2.14. The molecule has 0 aromatic rings. The van der Waals surface area contributed by atoms with Crippen LogP contribution in [0.15, 0.2) is 11.6 Å². The van der Waals surface area contributed by atoms with E-state index in [1.54, 1.807) is 7.11 Å². The van der Waals surface area contributed by atoms with Crippen LogP contribution < -0.4 is 0 Å². The normalized spacial score (nSPS) is 16.0. The molecule has 1 nitrogen and oxygen atoms in total. The zero-order valence-corrected chi connectivity index (χ0v) is 7.64. The van der Waals surface area contributed by atoms with Crippen LogP contribution in [-0.4, -0.2) is 13.2 Å². The molecule has 1 heteroatoms. The molecule has 0 aromatic carbocycles. The molecule has 0 aliphatic heterocycles. The third-order valence-electron chi connectivity index (χ3n) is 1.76. The van der Waals surface area contributed by atoms with E-state index in [1.165, 1.54) is 5.57 Å². The zero-order chi connectivity index (χ0) is 8.15. The molecule has 0 saturated heterocycles. The average molecular weight is 142 g/mol. The van der Waals surface area contributed by atoms with Crippen LogP contribution >= 0.6 is 0 Å². The fraction of sp³-hybridized carbons (Fsp3) is 0.778. The van der Waals surface area contributed by atoms with Crippen LogP contribution in [0.3, 0.4) is 0 Å². The van der Waals surface area contributed by atoms with Gasteiger partial charge in [0.1, 0.15) is 0 Å². The van der Waals surface area contributed by atoms with E-state index in [0.717, 1.165) is 0 Å². The Labute approximate surface area is 64.1 Å². The van der Waals surface area contributed by atoms with Gasteiger partial charge in [-0.15, -0.1) is 0 Å². The number of methoxy groups -OCH3 is 1. The van der Waals surface area contributed by atoms with Crippen molar-refractivity contribution in [3.63, 3.8) is 0 Å². The summed E-state index contributed by atoms with van der Waals surface area (Å²) in [7, 11) is 1.76. The third kappa shape index (κ3) is 2.53. The summed E-state index contributed by atoms with van der Waals surface area (Å²) in [5, 5.41) is 0. The first-order chi connectivity index (χ1) is 4.63. The Balaban J connectivity index is 4.07. The Morgan fingerprint density at radius 3 is 2.00 bits per heavy atom. The Hall–Kier alpha value is -0.300. The lowest BCUT2D eigenvalue weighted by molar-refractivity contribution is 0.0938. The van der Waals surface area contributed by atoms with Crippen LogP contribution in [-0.2, 0) is 4.74 Å². The maximum absolute atomic E-state index is 5.30. The Kier molecular flexibility index (Phi) is 4.37. The van der Waals surface area contributed by atoms with Gasteiger partial charge in [0, 0.05) is 7.11 Å². The summed E-state index contributed by atoms with van der Waals surface area (Å²) in [6.07, 6.45) is 2.40. The van der Waals surface area contributed by atoms with Crippen molar-refractivity contribution in [1.82, 2.24) is 0 Å². The van der Waals surface area contributed by atoms with Gasteiger partial charge < -0.3 is 4.74 Å². The van der Waals surface area contributed by atoms with Gasteiger partial charge in [-0.25, -0.2) is 0 Å². The average Bonchev–Trinajstić information content (AvgIpc) is 1.88. The molecule has 0 rings (SSSR count). The topological polar surface area (TPSA) is 9.23 Å². The van der Waals surface area contributed by atoms with Crippen LogP contribution in [0.5, 0.6) is 0 Å². The predicted octanol–water partition coefficient (Wildman–Crippen LogP) is 2.62. The molecular weight excluding hydrogens is 124 g/mol. The first-order valence-corrected chi connectivity index (χ1v) is 3.79. The predicted molar refractivity (Wildman–Crippen MR) is 45.1 cm³/mol. The Bertz CT molecular complexity index is 114. The second-order valence-electron chi connectivity index (χ2n) is 2.93. The molecule has 60 valence electrons. The third-order valence-corrected chi connectivity index (χ3v) is 1.76. The van der Waals surface area contributed by atoms with Crippen molar-refractivity contribution in [2.24, 2.45) is 5.92 Å². The second-order valence-corrected chi connectivity index (χ2v) is 2.93. The van der Waals surface area contributed by atoms with Crippen LogP contribution in [0.25, 0.3) is 0 Å². The summed E-state index contributed by atoms with van der Waals surface area (Å²) in [5.74, 6) is 0.571. The first kappa shape index (κ1) is 9.70. The van der Waals surface area contributed by atoms with Gasteiger partial charge >= 0.3 is 0 Å². The van der Waals surface area contributed by atoms with Gasteiger partial charge in [-0.2, -0.15) is 0 Å². The molecule has 0 aliphatic rings. The molecule has 0 fully saturated rings. The molecule has 0 aliphatic carbocycles. The van der Waals surface area contributed by atoms with Crippen molar-refractivity contribution >= 4 is 0 Å². The van der Waals surface area contributed by atoms with Crippen LogP contribution in [0.1, 0.15) is 27.7 Å². The van der Waals surface area contributed by atoms with Gasteiger partial charge in [0.2, 0.25) is 0 Å². The molecule has 0 aromatic heterocycles. The van der Waals surface area contributed by atoms with Crippen LogP contribution in [0, 0.1) is 5.92 Å². The van der Waals surface area contributed by atoms with E-state index in [1.807, 2.05) is 6.92 Å². The van der Waals surface area contributed by atoms with E-state index in [0.29, 0.717) is 12.0 Å². The molecule has 0 amide bonds. The largest absolute Gasteiger partial charge is 0.377 e. The number of ether oxygens (including phenoxy) is 1. The first-order valence-electron chi connectivity index (χ1n) is 3.79. The fourth-order valence-corrected chi connectivity index (χ4v) is 1.15. The number of allylic oxidation sites excluding steroid dienone is 1. The Morgan fingerprint density at radius 2 is 1.90 bits per heavy atom. The van der Waals surface area contributed by atoms with Crippen molar-refractivity contribution in [1.29, 1.82) is 0 Å². The minimum atomic E-state index is 0.296. The lowest BCUT2D eigenvalue weighted by Crippen LogP contribution is -2.18. The summed E-state index contributed by atoms with van der Waals surface area (Å²) in [5.41, 5.74) is 1.32. The molecule has 0 spiro atoms. The lowest BCUT2D eigenvalue weighted by Gasteiger charge is -2.19. The molecule has 10 heavy (non-hydrogen) atoms. The molecule has 0 saturated carbocycles. The van der Waals surface area contributed by atoms with Crippen LogP contribution in [0.4, 0.5) is 0 Å². The highest BCUT2D eigenvalue weighted by molar-refractivity contribution is 5.04. The van der Waals surface area contributed by atoms with Gasteiger partial charge in [0.25, 0.3) is 0 Å². The van der Waals surface area contributed by atoms with Gasteiger partial charge in [0.05, 0.1) is 6.10 Å². The quantitative estimate of drug-likeness (QED) is 0.550. The van der Waals surface area contributed by atoms with Crippen LogP contribution in [0.2, 0.25) is 0 Å². The maximum atomic E-state index is 5.30. The van der Waals surface area contributed by atoms with Gasteiger partial charge in [-0.05, 0) is 25.3 Å². The second kappa shape index (κ2) is 4.51. The van der Waals surface area contributed by atoms with Crippen molar-refractivity contribution < 1.29 is 4.74 Å². The summed E-state index contributed by atoms with van der Waals surface area (Å²) in [6.45, 7) is 8.49. The lowest BCUT2D eigenvalue weighted by atomic mass is 10.0. The van der Waals surface area contributed by atoms with E-state index >= 15 is 0 Å². The summed E-state index contributed by atoms with van der Waals surface area (Å²) in [6, 6.07) is 0. The summed E-state index contributed by atoms with van der Waals surface area (Å²) >= 11 is 0. The van der Waals surface area contributed by atoms with E-state index < -0.39 is 0 Å². The molecule has 0 heterocycles. The minimum Gasteiger partial charge on any atom is -0.377 e. The number of hydrogen-bond donors (Lipinski definition) is 0. The zero-order valence-electron chi connectivity index (χ0n) is 7.64. The van der Waals surface area contributed by atoms with E-state index in [2.05, 4.69) is 26.8 Å². The van der Waals surface area contributed by atoms with E-state index in [-0.39, 0.29) is 0 Å². The standard InChI is InChI=1S/C9H18O/c1-6-8(4)9(10-5)7(2)3/h6-7,9H,1-5H3/b8-6+. The monoisotopic (exact) mass is 142 g/mol. The van der Waals surface area contributed by atoms with Gasteiger partial charge in [-0.1, -0.05) is 19.9 Å². The summed E-state index contributed by atoms with van der Waals surface area (Å²) < 4.78 is 5.30. The van der Waals surface area contributed by atoms with E-state index in [9.17, 15) is 0 Å². The molecule has 1 atom stereocenters. The van der Waals surface area contributed by atoms with Crippen molar-refractivity contribution in [3.05, 3.63) is 11.6 Å². The summed E-state index contributed by atoms with van der Waals surface area (Å²) in [4.78, 5) is 0. The Morgan fingerprint density at radius 1 is 1.40 bits per heavy atom. The minimum absolute atomic E-state index is 0.296. The number of hydrogen-bond acceptors (Lipinski definition) is 1. The smallest absolute Gasteiger partial charge is 0.0801 e. The highest BCUT2D eigenvalue weighted by atomic mass is 16.5. The van der Waals surface area contributed by atoms with Gasteiger partial charge in [-0.3, -0.25) is 0 Å². The molecule has 0 radical (unpaired) electrons. The molecule has 0 N–H and O–H groups in total. The maximum Gasteiger partial charge on any atom is 0.0801 e.